The number of carbonyl (C=O) groups is 3. The minimum atomic E-state index is -1.14. The molecule has 0 aromatic rings. The number of esters is 2. The number of aliphatic carboxylic acids is 1. The van der Waals surface area contributed by atoms with E-state index in [4.69, 9.17) is 9.47 Å². The number of ether oxygens (including phenoxy) is 2. The van der Waals surface area contributed by atoms with E-state index in [-0.39, 0.29) is 45.6 Å². The van der Waals surface area contributed by atoms with E-state index in [1.807, 2.05) is 0 Å². The van der Waals surface area contributed by atoms with Crippen molar-refractivity contribution in [2.45, 2.75) is 132 Å². The molecule has 5 fully saturated rings. The van der Waals surface area contributed by atoms with Crippen LogP contribution in [0.1, 0.15) is 126 Å². The molecule has 5 aliphatic rings. The summed E-state index contributed by atoms with van der Waals surface area (Å²) in [5, 5.41) is 9.54. The van der Waals surface area contributed by atoms with Crippen LogP contribution in [0.4, 0.5) is 0 Å². The van der Waals surface area contributed by atoms with E-state index in [1.54, 1.807) is 21.0 Å². The average molecular weight is 599 g/mol. The summed E-state index contributed by atoms with van der Waals surface area (Å²) in [6, 6.07) is 0. The van der Waals surface area contributed by atoms with Crippen LogP contribution in [0.25, 0.3) is 0 Å². The van der Waals surface area contributed by atoms with Crippen LogP contribution in [0, 0.1) is 62.1 Å². The third-order valence-corrected chi connectivity index (χ3v) is 15.0. The summed E-state index contributed by atoms with van der Waals surface area (Å²) >= 11 is 0. The van der Waals surface area contributed by atoms with E-state index in [0.29, 0.717) is 29.6 Å². The summed E-state index contributed by atoms with van der Waals surface area (Å²) in [7, 11) is 1.57. The van der Waals surface area contributed by atoms with Crippen LogP contribution < -0.4 is 0 Å². The Hall–Kier alpha value is -1.85. The number of hydrogen-bond donors (Lipinski definition) is 1. The lowest BCUT2D eigenvalue weighted by Gasteiger charge is -2.72. The van der Waals surface area contributed by atoms with Gasteiger partial charge in [0.25, 0.3) is 0 Å². The summed E-state index contributed by atoms with van der Waals surface area (Å²) in [6.07, 6.45) is 10.0. The SMILES string of the molecule is C=C(C)[C@@H]1CC[C@]2(C(=O)OC)CC[C@]3(C)[C@H](CC[C@@H]4[C@@]5(C)CC[C@H](OC(=O)CC(C)(C)C(=O)O)C(C)(C)[C@@H]5CC[C@]43C)C12. The van der Waals surface area contributed by atoms with Gasteiger partial charge in [-0.15, -0.1) is 0 Å². The van der Waals surface area contributed by atoms with Gasteiger partial charge in [-0.3, -0.25) is 14.4 Å². The zero-order valence-electron chi connectivity index (χ0n) is 28.4. The second-order valence-electron chi connectivity index (χ2n) is 17.5. The first-order valence-electron chi connectivity index (χ1n) is 17.0. The number of carbonyl (C=O) groups excluding carboxylic acids is 2. The van der Waals surface area contributed by atoms with Crippen molar-refractivity contribution in [1.29, 1.82) is 0 Å². The average Bonchev–Trinajstić information content (AvgIpc) is 3.31. The summed E-state index contributed by atoms with van der Waals surface area (Å²) in [4.78, 5) is 38.1. The Morgan fingerprint density at radius 2 is 1.53 bits per heavy atom. The molecule has 242 valence electrons. The molecule has 6 heteroatoms. The molecule has 10 atom stereocenters. The van der Waals surface area contributed by atoms with Gasteiger partial charge in [0.05, 0.1) is 24.4 Å². The monoisotopic (exact) mass is 598 g/mol. The van der Waals surface area contributed by atoms with E-state index < -0.39 is 17.4 Å². The van der Waals surface area contributed by atoms with Gasteiger partial charge in [-0.1, -0.05) is 46.8 Å². The summed E-state index contributed by atoms with van der Waals surface area (Å²) in [5.41, 5.74) is -0.0436. The highest BCUT2D eigenvalue weighted by Crippen LogP contribution is 2.77. The largest absolute Gasteiger partial charge is 0.481 e. The zero-order valence-corrected chi connectivity index (χ0v) is 28.4. The van der Waals surface area contributed by atoms with Crippen molar-refractivity contribution < 1.29 is 29.0 Å². The van der Waals surface area contributed by atoms with E-state index >= 15 is 0 Å². The van der Waals surface area contributed by atoms with Gasteiger partial charge in [0.2, 0.25) is 0 Å². The van der Waals surface area contributed by atoms with Crippen molar-refractivity contribution in [2.75, 3.05) is 7.11 Å². The summed E-state index contributed by atoms with van der Waals surface area (Å²) in [5.74, 6) is 0.785. The topological polar surface area (TPSA) is 89.9 Å². The van der Waals surface area contributed by atoms with Gasteiger partial charge in [0.15, 0.2) is 0 Å². The number of rotatable bonds is 6. The standard InChI is InChI=1S/C37H58O6/c1-22(2)23-13-18-37(31(41)42-10)20-19-35(8)24(29(23)37)11-12-26-34(7)16-15-27(43-28(38)21-32(3,4)30(39)40)33(5,6)25(34)14-17-36(26,35)9/h23-27,29H,1,11-21H2,2-10H3,(H,39,40)/t23-,24+,25-,26+,27-,29?,34-,35+,36+,37-/m0/s1. The van der Waals surface area contributed by atoms with Crippen LogP contribution in [0.5, 0.6) is 0 Å². The maximum atomic E-state index is 13.5. The predicted octanol–water partition coefficient (Wildman–Crippen LogP) is 8.23. The maximum absolute atomic E-state index is 13.5. The second-order valence-corrected chi connectivity index (χ2v) is 17.5. The molecule has 0 aromatic heterocycles. The third kappa shape index (κ3) is 4.48. The smallest absolute Gasteiger partial charge is 0.312 e. The molecule has 5 aliphatic carbocycles. The first kappa shape index (κ1) is 32.5. The molecule has 43 heavy (non-hydrogen) atoms. The molecule has 0 heterocycles. The predicted molar refractivity (Wildman–Crippen MR) is 167 cm³/mol. The van der Waals surface area contributed by atoms with Crippen molar-refractivity contribution >= 4 is 17.9 Å². The van der Waals surface area contributed by atoms with E-state index in [0.717, 1.165) is 57.8 Å². The molecule has 0 bridgehead atoms. The highest BCUT2D eigenvalue weighted by molar-refractivity contribution is 5.81. The van der Waals surface area contributed by atoms with Crippen molar-refractivity contribution in [2.24, 2.45) is 62.1 Å². The van der Waals surface area contributed by atoms with Gasteiger partial charge in [-0.05, 0) is 131 Å². The van der Waals surface area contributed by atoms with E-state index in [9.17, 15) is 19.5 Å². The fraction of sp³-hybridized carbons (Fsp3) is 0.865. The van der Waals surface area contributed by atoms with Gasteiger partial charge in [0, 0.05) is 5.41 Å². The second kappa shape index (κ2) is 10.3. The molecule has 0 aromatic carbocycles. The number of methoxy groups -OCH3 is 1. The highest BCUT2D eigenvalue weighted by Gasteiger charge is 2.72. The van der Waals surface area contributed by atoms with Crippen molar-refractivity contribution in [3.8, 4) is 0 Å². The fourth-order valence-electron chi connectivity index (χ4n) is 12.5. The lowest BCUT2D eigenvalue weighted by atomic mass is 9.32. The van der Waals surface area contributed by atoms with Crippen LogP contribution in [-0.4, -0.2) is 36.2 Å². The number of fused-ring (bicyclic) bond motifs is 7. The van der Waals surface area contributed by atoms with Crippen molar-refractivity contribution in [1.82, 2.24) is 0 Å². The molecule has 5 saturated carbocycles. The Balaban J connectivity index is 1.43. The Kier molecular flexibility index (Phi) is 7.82. The molecule has 1 unspecified atom stereocenters. The molecule has 0 spiro atoms. The van der Waals surface area contributed by atoms with Crippen LogP contribution in [0.3, 0.4) is 0 Å². The quantitative estimate of drug-likeness (QED) is 0.245. The van der Waals surface area contributed by atoms with E-state index in [2.05, 4.69) is 48.1 Å². The lowest BCUT2D eigenvalue weighted by Crippen LogP contribution is -2.67. The summed E-state index contributed by atoms with van der Waals surface area (Å²) < 4.78 is 11.6. The molecular formula is C37H58O6. The minimum Gasteiger partial charge on any atom is -0.481 e. The molecule has 5 rings (SSSR count). The van der Waals surface area contributed by atoms with Crippen LogP contribution in [0.2, 0.25) is 0 Å². The number of allylic oxidation sites excluding steroid dienone is 1. The molecule has 0 radical (unpaired) electrons. The van der Waals surface area contributed by atoms with Crippen molar-refractivity contribution in [3.63, 3.8) is 0 Å². The number of carboxylic acids is 1. The minimum absolute atomic E-state index is 0.00704. The molecule has 0 saturated heterocycles. The summed E-state index contributed by atoms with van der Waals surface area (Å²) in [6.45, 7) is 22.0. The molecule has 0 amide bonds. The Morgan fingerprint density at radius 1 is 0.860 bits per heavy atom. The van der Waals surface area contributed by atoms with Gasteiger partial charge in [-0.25, -0.2) is 0 Å². The Labute approximate surface area is 260 Å². The van der Waals surface area contributed by atoms with Gasteiger partial charge < -0.3 is 14.6 Å². The first-order valence-corrected chi connectivity index (χ1v) is 17.0. The molecule has 1 N–H and O–H groups in total. The van der Waals surface area contributed by atoms with Crippen LogP contribution >= 0.6 is 0 Å². The Bertz CT molecular complexity index is 1190. The third-order valence-electron chi connectivity index (χ3n) is 15.0. The van der Waals surface area contributed by atoms with Crippen molar-refractivity contribution in [3.05, 3.63) is 12.2 Å². The van der Waals surface area contributed by atoms with Gasteiger partial charge >= 0.3 is 17.9 Å². The molecule has 0 aliphatic heterocycles. The maximum Gasteiger partial charge on any atom is 0.312 e. The molecular weight excluding hydrogens is 540 g/mol. The molecule has 6 nitrogen and oxygen atoms in total. The van der Waals surface area contributed by atoms with Crippen LogP contribution in [-0.2, 0) is 23.9 Å². The number of hydrogen-bond acceptors (Lipinski definition) is 5. The van der Waals surface area contributed by atoms with E-state index in [1.165, 1.54) is 12.0 Å². The Morgan fingerprint density at radius 3 is 2.14 bits per heavy atom. The van der Waals surface area contributed by atoms with Crippen LogP contribution in [0.15, 0.2) is 12.2 Å². The fourth-order valence-corrected chi connectivity index (χ4v) is 12.5. The normalized spacial score (nSPS) is 45.0. The lowest BCUT2D eigenvalue weighted by molar-refractivity contribution is -0.250. The highest BCUT2D eigenvalue weighted by atomic mass is 16.5. The van der Waals surface area contributed by atoms with Gasteiger partial charge in [-0.2, -0.15) is 0 Å². The first-order chi connectivity index (χ1) is 19.8. The zero-order chi connectivity index (χ0) is 32.0. The van der Waals surface area contributed by atoms with Gasteiger partial charge in [0.1, 0.15) is 6.10 Å². The number of carboxylic acid groups (broad SMARTS) is 1.